The minimum atomic E-state index is -0.814. The van der Waals surface area contributed by atoms with Crippen molar-refractivity contribution in [2.75, 3.05) is 18.0 Å². The number of carbonyl (C=O) groups is 1. The maximum atomic E-state index is 11.1. The lowest BCUT2D eigenvalue weighted by Crippen LogP contribution is -2.21. The zero-order valence-corrected chi connectivity index (χ0v) is 10.7. The molecule has 1 atom stereocenters. The van der Waals surface area contributed by atoms with E-state index in [0.29, 0.717) is 24.3 Å². The van der Waals surface area contributed by atoms with E-state index in [-0.39, 0.29) is 22.9 Å². The van der Waals surface area contributed by atoms with Gasteiger partial charge in [-0.25, -0.2) is 0 Å². The molecule has 0 aliphatic carbocycles. The van der Waals surface area contributed by atoms with Crippen LogP contribution in [0.25, 0.3) is 0 Å². The number of anilines is 1. The number of benzene rings is 1. The normalized spacial score (nSPS) is 18.6. The van der Waals surface area contributed by atoms with Gasteiger partial charge in [0.1, 0.15) is 5.69 Å². The highest BCUT2D eigenvalue weighted by atomic mass is 16.6. The standard InChI is InChI=1S/C13H16N2O4/c1-9-3-2-4-11(13(9)15(18)19)14-6-5-10(8-14)7-12(16)17/h2-4,10H,5-8H2,1H3,(H,16,17). The number of nitro benzene ring substituents is 1. The molecule has 0 amide bonds. The summed E-state index contributed by atoms with van der Waals surface area (Å²) in [6.07, 6.45) is 0.882. The lowest BCUT2D eigenvalue weighted by atomic mass is 10.1. The van der Waals surface area contributed by atoms with Crippen LogP contribution < -0.4 is 4.90 Å². The number of nitrogens with zero attached hydrogens (tertiary/aromatic N) is 2. The van der Waals surface area contributed by atoms with Gasteiger partial charge < -0.3 is 10.0 Å². The number of aliphatic carboxylic acids is 1. The third-order valence-electron chi connectivity index (χ3n) is 3.49. The summed E-state index contributed by atoms with van der Waals surface area (Å²) in [4.78, 5) is 23.4. The van der Waals surface area contributed by atoms with Crippen LogP contribution in [-0.2, 0) is 4.79 Å². The number of hydrogen-bond donors (Lipinski definition) is 1. The highest BCUT2D eigenvalue weighted by Gasteiger charge is 2.29. The van der Waals surface area contributed by atoms with E-state index in [1.54, 1.807) is 25.1 Å². The number of hydrogen-bond acceptors (Lipinski definition) is 4. The zero-order valence-electron chi connectivity index (χ0n) is 10.7. The van der Waals surface area contributed by atoms with Gasteiger partial charge in [0.25, 0.3) is 5.69 Å². The van der Waals surface area contributed by atoms with Crippen LogP contribution in [0.4, 0.5) is 11.4 Å². The highest BCUT2D eigenvalue weighted by molar-refractivity contribution is 5.69. The lowest BCUT2D eigenvalue weighted by molar-refractivity contribution is -0.384. The average Bonchev–Trinajstić information content (AvgIpc) is 2.75. The Balaban J connectivity index is 2.22. The summed E-state index contributed by atoms with van der Waals surface area (Å²) in [7, 11) is 0. The molecule has 1 saturated heterocycles. The van der Waals surface area contributed by atoms with Crippen molar-refractivity contribution in [2.45, 2.75) is 19.8 Å². The van der Waals surface area contributed by atoms with Gasteiger partial charge in [-0.15, -0.1) is 0 Å². The van der Waals surface area contributed by atoms with E-state index < -0.39 is 5.97 Å². The van der Waals surface area contributed by atoms with Gasteiger partial charge in [-0.2, -0.15) is 0 Å². The molecule has 6 heteroatoms. The SMILES string of the molecule is Cc1cccc(N2CCC(CC(=O)O)C2)c1[N+](=O)[O-]. The van der Waals surface area contributed by atoms with Crippen LogP contribution in [0.2, 0.25) is 0 Å². The molecule has 0 radical (unpaired) electrons. The van der Waals surface area contributed by atoms with Crippen LogP contribution in [0, 0.1) is 23.0 Å². The van der Waals surface area contributed by atoms with Crippen molar-refractivity contribution in [2.24, 2.45) is 5.92 Å². The number of nitro groups is 1. The minimum Gasteiger partial charge on any atom is -0.481 e. The number of aryl methyl sites for hydroxylation is 1. The second-order valence-electron chi connectivity index (χ2n) is 4.90. The van der Waals surface area contributed by atoms with E-state index in [9.17, 15) is 14.9 Å². The van der Waals surface area contributed by atoms with Crippen molar-refractivity contribution in [1.29, 1.82) is 0 Å². The van der Waals surface area contributed by atoms with E-state index >= 15 is 0 Å². The monoisotopic (exact) mass is 264 g/mol. The molecule has 0 aromatic heterocycles. The maximum Gasteiger partial charge on any atom is 0.303 e. The average molecular weight is 264 g/mol. The molecule has 102 valence electrons. The van der Waals surface area contributed by atoms with Crippen LogP contribution in [0.5, 0.6) is 0 Å². The third-order valence-corrected chi connectivity index (χ3v) is 3.49. The molecule has 1 N–H and O–H groups in total. The van der Waals surface area contributed by atoms with Crippen molar-refractivity contribution in [3.8, 4) is 0 Å². The summed E-state index contributed by atoms with van der Waals surface area (Å²) in [5, 5.41) is 19.9. The topological polar surface area (TPSA) is 83.7 Å². The highest BCUT2D eigenvalue weighted by Crippen LogP contribution is 2.35. The Labute approximate surface area is 110 Å². The molecule has 6 nitrogen and oxygen atoms in total. The van der Waals surface area contributed by atoms with Crippen molar-refractivity contribution >= 4 is 17.3 Å². The van der Waals surface area contributed by atoms with E-state index in [4.69, 9.17) is 5.11 Å². The molecule has 0 saturated carbocycles. The van der Waals surface area contributed by atoms with Gasteiger partial charge in [0.15, 0.2) is 0 Å². The molecule has 1 unspecified atom stereocenters. The maximum absolute atomic E-state index is 11.1. The zero-order chi connectivity index (χ0) is 14.0. The van der Waals surface area contributed by atoms with Crippen LogP contribution in [0.15, 0.2) is 18.2 Å². The molecule has 1 heterocycles. The molecule has 0 bridgehead atoms. The second-order valence-corrected chi connectivity index (χ2v) is 4.90. The Kier molecular flexibility index (Phi) is 3.69. The summed E-state index contributed by atoms with van der Waals surface area (Å²) in [5.41, 5.74) is 1.35. The van der Waals surface area contributed by atoms with Crippen molar-refractivity contribution in [3.63, 3.8) is 0 Å². The Hall–Kier alpha value is -2.11. The van der Waals surface area contributed by atoms with Gasteiger partial charge in [-0.3, -0.25) is 14.9 Å². The van der Waals surface area contributed by atoms with E-state index in [2.05, 4.69) is 0 Å². The smallest absolute Gasteiger partial charge is 0.303 e. The molecule has 1 aliphatic rings. The Bertz CT molecular complexity index is 515. The molecule has 2 rings (SSSR count). The quantitative estimate of drug-likeness (QED) is 0.665. The fraction of sp³-hybridized carbons (Fsp3) is 0.462. The van der Waals surface area contributed by atoms with E-state index in [0.717, 1.165) is 6.42 Å². The lowest BCUT2D eigenvalue weighted by Gasteiger charge is -2.19. The first-order valence-corrected chi connectivity index (χ1v) is 6.19. The van der Waals surface area contributed by atoms with Crippen LogP contribution in [0.1, 0.15) is 18.4 Å². The van der Waals surface area contributed by atoms with Crippen molar-refractivity contribution < 1.29 is 14.8 Å². The Morgan fingerprint density at radius 3 is 2.95 bits per heavy atom. The number of carboxylic acid groups (broad SMARTS) is 1. The van der Waals surface area contributed by atoms with Gasteiger partial charge in [-0.05, 0) is 25.3 Å². The molecule has 19 heavy (non-hydrogen) atoms. The first-order valence-electron chi connectivity index (χ1n) is 6.19. The first-order chi connectivity index (χ1) is 8.99. The largest absolute Gasteiger partial charge is 0.481 e. The minimum absolute atomic E-state index is 0.0672. The van der Waals surface area contributed by atoms with Gasteiger partial charge in [0.2, 0.25) is 0 Å². The first kappa shape index (κ1) is 13.3. The summed E-state index contributed by atoms with van der Waals surface area (Å²) in [6, 6.07) is 5.24. The molecular weight excluding hydrogens is 248 g/mol. The molecule has 0 spiro atoms. The third kappa shape index (κ3) is 2.83. The van der Waals surface area contributed by atoms with Crippen molar-refractivity contribution in [1.82, 2.24) is 0 Å². The second kappa shape index (κ2) is 5.26. The van der Waals surface area contributed by atoms with Gasteiger partial charge >= 0.3 is 5.97 Å². The predicted molar refractivity (Wildman–Crippen MR) is 70.4 cm³/mol. The van der Waals surface area contributed by atoms with Crippen LogP contribution >= 0.6 is 0 Å². The molecule has 1 fully saturated rings. The number of rotatable bonds is 4. The summed E-state index contributed by atoms with van der Waals surface area (Å²) < 4.78 is 0. The van der Waals surface area contributed by atoms with Gasteiger partial charge in [0, 0.05) is 25.1 Å². The Morgan fingerprint density at radius 1 is 1.58 bits per heavy atom. The summed E-state index contributed by atoms with van der Waals surface area (Å²) in [5.74, 6) is -0.747. The van der Waals surface area contributed by atoms with E-state index in [1.807, 2.05) is 4.90 Å². The molecular formula is C13H16N2O4. The molecule has 1 aliphatic heterocycles. The van der Waals surface area contributed by atoms with E-state index in [1.165, 1.54) is 0 Å². The fourth-order valence-electron chi connectivity index (χ4n) is 2.60. The Morgan fingerprint density at radius 2 is 2.32 bits per heavy atom. The van der Waals surface area contributed by atoms with Crippen LogP contribution in [0.3, 0.4) is 0 Å². The van der Waals surface area contributed by atoms with Crippen LogP contribution in [-0.4, -0.2) is 29.1 Å². The summed E-state index contributed by atoms with van der Waals surface area (Å²) in [6.45, 7) is 2.95. The van der Waals surface area contributed by atoms with Gasteiger partial charge in [-0.1, -0.05) is 12.1 Å². The van der Waals surface area contributed by atoms with Gasteiger partial charge in [0.05, 0.1) is 4.92 Å². The van der Waals surface area contributed by atoms with Crippen molar-refractivity contribution in [3.05, 3.63) is 33.9 Å². The molecule has 1 aromatic rings. The fourth-order valence-corrected chi connectivity index (χ4v) is 2.60. The molecule has 1 aromatic carbocycles. The summed E-state index contributed by atoms with van der Waals surface area (Å²) >= 11 is 0. The predicted octanol–water partition coefficient (Wildman–Crippen LogP) is 2.20. The number of para-hydroxylation sites is 1. The number of carboxylic acids is 1.